The lowest BCUT2D eigenvalue weighted by Crippen LogP contribution is -2.19. The van der Waals surface area contributed by atoms with Gasteiger partial charge >= 0.3 is 0 Å². The van der Waals surface area contributed by atoms with Crippen LogP contribution in [0.3, 0.4) is 0 Å². The van der Waals surface area contributed by atoms with Crippen LogP contribution in [0.25, 0.3) is 0 Å². The monoisotopic (exact) mass is 348 g/mol. The van der Waals surface area contributed by atoms with E-state index < -0.39 is 5.82 Å². The summed E-state index contributed by atoms with van der Waals surface area (Å²) >= 11 is 22.9. The molecule has 2 rings (SSSR count). The zero-order valence-corrected chi connectivity index (χ0v) is 13.0. The van der Waals surface area contributed by atoms with Gasteiger partial charge in [-0.1, -0.05) is 34.8 Å². The molecule has 0 aliphatic rings. The number of rotatable bonds is 2. The minimum absolute atomic E-state index is 0.228. The normalized spacial score (nSPS) is 10.2. The standard InChI is InChI=1S/C13H8Cl3FN2S/c14-7-1-3-9(15)12(5-7)19-13(20)18-11-4-2-8(17)6-10(11)16/h1-6H,(H2,18,19,20). The Morgan fingerprint density at radius 2 is 1.60 bits per heavy atom. The van der Waals surface area contributed by atoms with Crippen molar-refractivity contribution in [2.24, 2.45) is 0 Å². The molecule has 0 radical (unpaired) electrons. The highest BCUT2D eigenvalue weighted by Crippen LogP contribution is 2.26. The van der Waals surface area contributed by atoms with Crippen LogP contribution in [0.2, 0.25) is 15.1 Å². The molecule has 0 aliphatic carbocycles. The van der Waals surface area contributed by atoms with Gasteiger partial charge < -0.3 is 10.6 Å². The number of benzene rings is 2. The molecule has 2 aromatic carbocycles. The maximum atomic E-state index is 12.9. The Bertz CT molecular complexity index is 664. The second kappa shape index (κ2) is 6.59. The summed E-state index contributed by atoms with van der Waals surface area (Å²) in [6.45, 7) is 0. The molecule has 0 heterocycles. The largest absolute Gasteiger partial charge is 0.331 e. The van der Waals surface area contributed by atoms with Gasteiger partial charge in [-0.05, 0) is 48.6 Å². The average Bonchev–Trinajstić information content (AvgIpc) is 2.37. The van der Waals surface area contributed by atoms with Crippen molar-refractivity contribution in [2.45, 2.75) is 0 Å². The molecule has 0 saturated heterocycles. The first-order valence-corrected chi connectivity index (χ1v) is 6.98. The van der Waals surface area contributed by atoms with Gasteiger partial charge in [0.15, 0.2) is 5.11 Å². The zero-order chi connectivity index (χ0) is 14.7. The lowest BCUT2D eigenvalue weighted by molar-refractivity contribution is 0.628. The number of halogens is 4. The second-order valence-electron chi connectivity index (χ2n) is 3.83. The molecule has 0 bridgehead atoms. The third-order valence-corrected chi connectivity index (χ3v) is 3.44. The summed E-state index contributed by atoms with van der Waals surface area (Å²) in [5.41, 5.74) is 1.05. The lowest BCUT2D eigenvalue weighted by Gasteiger charge is -2.13. The van der Waals surface area contributed by atoms with E-state index in [4.69, 9.17) is 47.0 Å². The summed E-state index contributed by atoms with van der Waals surface area (Å²) in [6.07, 6.45) is 0. The third kappa shape index (κ3) is 3.96. The predicted octanol–water partition coefficient (Wildman–Crippen LogP) is 5.59. The van der Waals surface area contributed by atoms with E-state index in [9.17, 15) is 4.39 Å². The summed E-state index contributed by atoms with van der Waals surface area (Å²) in [5, 5.41) is 7.24. The molecular weight excluding hydrogens is 342 g/mol. The summed E-state index contributed by atoms with van der Waals surface area (Å²) in [4.78, 5) is 0. The zero-order valence-electron chi connectivity index (χ0n) is 9.88. The Balaban J connectivity index is 2.11. The highest BCUT2D eigenvalue weighted by Gasteiger charge is 2.07. The van der Waals surface area contributed by atoms with Gasteiger partial charge in [-0.15, -0.1) is 0 Å². The van der Waals surface area contributed by atoms with Gasteiger partial charge in [0, 0.05) is 5.02 Å². The van der Waals surface area contributed by atoms with Crippen LogP contribution < -0.4 is 10.6 Å². The number of hydrogen-bond acceptors (Lipinski definition) is 1. The van der Waals surface area contributed by atoms with Crippen molar-refractivity contribution in [3.05, 3.63) is 57.3 Å². The Hall–Kier alpha value is -1.07. The predicted molar refractivity (Wildman–Crippen MR) is 87.7 cm³/mol. The molecule has 2 aromatic rings. The van der Waals surface area contributed by atoms with Gasteiger partial charge in [-0.25, -0.2) is 4.39 Å². The van der Waals surface area contributed by atoms with Crippen LogP contribution in [-0.4, -0.2) is 5.11 Å². The minimum atomic E-state index is -0.419. The first-order valence-electron chi connectivity index (χ1n) is 5.44. The molecule has 0 atom stereocenters. The third-order valence-electron chi connectivity index (χ3n) is 2.36. The molecule has 0 fully saturated rings. The Morgan fingerprint density at radius 1 is 0.900 bits per heavy atom. The highest BCUT2D eigenvalue weighted by molar-refractivity contribution is 7.80. The van der Waals surface area contributed by atoms with Gasteiger partial charge in [-0.2, -0.15) is 0 Å². The van der Waals surface area contributed by atoms with Crippen molar-refractivity contribution in [2.75, 3.05) is 10.6 Å². The molecule has 2 nitrogen and oxygen atoms in total. The first-order chi connectivity index (χ1) is 9.45. The van der Waals surface area contributed by atoms with E-state index in [1.165, 1.54) is 18.2 Å². The molecule has 0 aliphatic heterocycles. The maximum Gasteiger partial charge on any atom is 0.175 e. The number of anilines is 2. The van der Waals surface area contributed by atoms with Crippen LogP contribution in [0.4, 0.5) is 15.8 Å². The molecule has 0 spiro atoms. The van der Waals surface area contributed by atoms with E-state index in [0.29, 0.717) is 21.4 Å². The fourth-order valence-electron chi connectivity index (χ4n) is 1.46. The summed E-state index contributed by atoms with van der Waals surface area (Å²) < 4.78 is 12.9. The summed E-state index contributed by atoms with van der Waals surface area (Å²) in [5.74, 6) is -0.419. The van der Waals surface area contributed by atoms with Crippen LogP contribution in [-0.2, 0) is 0 Å². The topological polar surface area (TPSA) is 24.1 Å². The van der Waals surface area contributed by atoms with Crippen LogP contribution in [0.5, 0.6) is 0 Å². The Morgan fingerprint density at radius 3 is 2.30 bits per heavy atom. The SMILES string of the molecule is Fc1ccc(NC(=S)Nc2cc(Cl)ccc2Cl)c(Cl)c1. The van der Waals surface area contributed by atoms with Gasteiger partial charge in [-0.3, -0.25) is 0 Å². The quantitative estimate of drug-likeness (QED) is 0.691. The van der Waals surface area contributed by atoms with Gasteiger partial charge in [0.25, 0.3) is 0 Å². The molecule has 7 heteroatoms. The van der Waals surface area contributed by atoms with Crippen molar-refractivity contribution in [1.29, 1.82) is 0 Å². The number of thiocarbonyl (C=S) groups is 1. The van der Waals surface area contributed by atoms with E-state index in [-0.39, 0.29) is 10.1 Å². The first kappa shape index (κ1) is 15.3. The molecule has 0 saturated carbocycles. The smallest absolute Gasteiger partial charge is 0.175 e. The van der Waals surface area contributed by atoms with E-state index in [0.717, 1.165) is 0 Å². The van der Waals surface area contributed by atoms with E-state index in [1.54, 1.807) is 18.2 Å². The Labute approximate surface area is 135 Å². The second-order valence-corrected chi connectivity index (χ2v) is 5.49. The summed E-state index contributed by atoms with van der Waals surface area (Å²) in [7, 11) is 0. The summed E-state index contributed by atoms with van der Waals surface area (Å²) in [6, 6.07) is 8.93. The van der Waals surface area contributed by atoms with Crippen LogP contribution in [0, 0.1) is 5.82 Å². The van der Waals surface area contributed by atoms with Gasteiger partial charge in [0.2, 0.25) is 0 Å². The maximum absolute atomic E-state index is 12.9. The lowest BCUT2D eigenvalue weighted by atomic mass is 10.3. The minimum Gasteiger partial charge on any atom is -0.331 e. The molecule has 0 aromatic heterocycles. The molecule has 0 unspecified atom stereocenters. The fraction of sp³-hybridized carbons (Fsp3) is 0. The van der Waals surface area contributed by atoms with Gasteiger partial charge in [0.05, 0.1) is 21.4 Å². The van der Waals surface area contributed by atoms with Crippen molar-refractivity contribution in [1.82, 2.24) is 0 Å². The number of nitrogens with one attached hydrogen (secondary N) is 2. The van der Waals surface area contributed by atoms with E-state index in [2.05, 4.69) is 10.6 Å². The Kier molecular flexibility index (Phi) is 5.05. The molecule has 20 heavy (non-hydrogen) atoms. The van der Waals surface area contributed by atoms with Crippen molar-refractivity contribution in [3.8, 4) is 0 Å². The van der Waals surface area contributed by atoms with E-state index in [1.807, 2.05) is 0 Å². The number of hydrogen-bond donors (Lipinski definition) is 2. The molecule has 0 amide bonds. The van der Waals surface area contributed by atoms with Crippen molar-refractivity contribution >= 4 is 63.5 Å². The van der Waals surface area contributed by atoms with Gasteiger partial charge in [0.1, 0.15) is 5.82 Å². The van der Waals surface area contributed by atoms with Crippen molar-refractivity contribution in [3.63, 3.8) is 0 Å². The highest BCUT2D eigenvalue weighted by atomic mass is 35.5. The van der Waals surface area contributed by atoms with E-state index >= 15 is 0 Å². The molecular formula is C13H8Cl3FN2S. The molecule has 2 N–H and O–H groups in total. The van der Waals surface area contributed by atoms with Crippen LogP contribution in [0.15, 0.2) is 36.4 Å². The fourth-order valence-corrected chi connectivity index (χ4v) is 2.23. The van der Waals surface area contributed by atoms with Crippen LogP contribution >= 0.6 is 47.0 Å². The van der Waals surface area contributed by atoms with Crippen molar-refractivity contribution < 1.29 is 4.39 Å². The molecule has 104 valence electrons. The van der Waals surface area contributed by atoms with Crippen LogP contribution in [0.1, 0.15) is 0 Å². The average molecular weight is 350 g/mol.